The molecule has 1 aliphatic rings. The molecular weight excluding hydrogens is 202 g/mol. The fourth-order valence-electron chi connectivity index (χ4n) is 2.08. The first-order valence-electron chi connectivity index (χ1n) is 5.54. The van der Waals surface area contributed by atoms with Crippen molar-refractivity contribution in [3.05, 3.63) is 29.6 Å². The van der Waals surface area contributed by atoms with Gasteiger partial charge < -0.3 is 5.11 Å². The molecule has 0 bridgehead atoms. The van der Waals surface area contributed by atoms with Gasteiger partial charge in [-0.25, -0.2) is 4.98 Å². The van der Waals surface area contributed by atoms with Crippen molar-refractivity contribution in [3.8, 4) is 6.07 Å². The van der Waals surface area contributed by atoms with Crippen LogP contribution in [0.5, 0.6) is 0 Å². The van der Waals surface area contributed by atoms with Crippen LogP contribution in [0.25, 0.3) is 0 Å². The average molecular weight is 217 g/mol. The lowest BCUT2D eigenvalue weighted by Gasteiger charge is -2.29. The van der Waals surface area contributed by atoms with Crippen LogP contribution in [0, 0.1) is 11.3 Å². The van der Waals surface area contributed by atoms with Crippen LogP contribution < -0.4 is 0 Å². The van der Waals surface area contributed by atoms with Gasteiger partial charge in [-0.3, -0.25) is 4.90 Å². The molecule has 16 heavy (non-hydrogen) atoms. The summed E-state index contributed by atoms with van der Waals surface area (Å²) in [5, 5.41) is 18.5. The van der Waals surface area contributed by atoms with E-state index >= 15 is 0 Å². The largest absolute Gasteiger partial charge is 0.392 e. The lowest BCUT2D eigenvalue weighted by Crippen LogP contribution is -2.37. The van der Waals surface area contributed by atoms with Crippen LogP contribution in [-0.2, 0) is 6.54 Å². The van der Waals surface area contributed by atoms with Gasteiger partial charge in [0.15, 0.2) is 0 Å². The minimum atomic E-state index is -0.226. The van der Waals surface area contributed by atoms with E-state index in [0.717, 1.165) is 24.9 Å². The van der Waals surface area contributed by atoms with E-state index in [4.69, 9.17) is 5.26 Å². The molecule has 2 rings (SSSR count). The van der Waals surface area contributed by atoms with Gasteiger partial charge in [-0.15, -0.1) is 0 Å². The number of pyridine rings is 1. The molecule has 4 heteroatoms. The summed E-state index contributed by atoms with van der Waals surface area (Å²) in [6, 6.07) is 5.86. The molecule has 1 aliphatic heterocycles. The Hall–Kier alpha value is -1.44. The summed E-state index contributed by atoms with van der Waals surface area (Å²) in [5.41, 5.74) is 1.43. The molecule has 0 radical (unpaired) electrons. The summed E-state index contributed by atoms with van der Waals surface area (Å²) >= 11 is 0. The van der Waals surface area contributed by atoms with Crippen LogP contribution in [0.4, 0.5) is 0 Å². The highest BCUT2D eigenvalue weighted by molar-refractivity contribution is 5.30. The monoisotopic (exact) mass is 217 g/mol. The number of piperidine rings is 1. The summed E-state index contributed by atoms with van der Waals surface area (Å²) in [6.45, 7) is 2.38. The van der Waals surface area contributed by atoms with Crippen LogP contribution in [0.2, 0.25) is 0 Å². The number of hydrogen-bond donors (Lipinski definition) is 1. The third kappa shape index (κ3) is 2.57. The van der Waals surface area contributed by atoms with Gasteiger partial charge in [-0.05, 0) is 25.5 Å². The molecule has 1 aromatic rings. The first-order valence-corrected chi connectivity index (χ1v) is 5.54. The number of rotatable bonds is 2. The molecular formula is C12H15N3O. The number of hydrogen-bond acceptors (Lipinski definition) is 4. The van der Waals surface area contributed by atoms with Crippen molar-refractivity contribution in [2.24, 2.45) is 0 Å². The Labute approximate surface area is 95.1 Å². The number of aliphatic hydroxyl groups excluding tert-OH is 1. The molecule has 1 aromatic heterocycles. The van der Waals surface area contributed by atoms with Crippen molar-refractivity contribution >= 4 is 0 Å². The molecule has 0 spiro atoms. The molecule has 0 amide bonds. The van der Waals surface area contributed by atoms with Gasteiger partial charge in [-0.2, -0.15) is 5.26 Å². The Morgan fingerprint density at radius 1 is 1.62 bits per heavy atom. The van der Waals surface area contributed by atoms with Gasteiger partial charge in [0.05, 0.1) is 6.10 Å². The van der Waals surface area contributed by atoms with Crippen LogP contribution in [0.1, 0.15) is 24.1 Å². The quantitative estimate of drug-likeness (QED) is 0.800. The normalized spacial score (nSPS) is 21.6. The maximum absolute atomic E-state index is 9.56. The summed E-state index contributed by atoms with van der Waals surface area (Å²) in [6.07, 6.45) is 3.31. The molecule has 0 saturated carbocycles. The number of β-amino-alcohol motifs (C(OH)–C–C–N with tert-alkyl or cyclic N) is 1. The van der Waals surface area contributed by atoms with Crippen LogP contribution in [0.15, 0.2) is 18.3 Å². The van der Waals surface area contributed by atoms with Gasteiger partial charge in [0.1, 0.15) is 11.8 Å². The zero-order chi connectivity index (χ0) is 11.4. The van der Waals surface area contributed by atoms with Gasteiger partial charge in [-0.1, -0.05) is 6.07 Å². The van der Waals surface area contributed by atoms with Crippen molar-refractivity contribution in [1.82, 2.24) is 9.88 Å². The predicted molar refractivity (Wildman–Crippen MR) is 59.5 cm³/mol. The zero-order valence-corrected chi connectivity index (χ0v) is 9.13. The Morgan fingerprint density at radius 2 is 2.50 bits per heavy atom. The van der Waals surface area contributed by atoms with Crippen molar-refractivity contribution in [1.29, 1.82) is 5.26 Å². The molecule has 0 aromatic carbocycles. The highest BCUT2D eigenvalue weighted by atomic mass is 16.3. The zero-order valence-electron chi connectivity index (χ0n) is 9.13. The molecule has 0 unspecified atom stereocenters. The van der Waals surface area contributed by atoms with E-state index in [2.05, 4.69) is 16.0 Å². The van der Waals surface area contributed by atoms with Crippen molar-refractivity contribution in [2.75, 3.05) is 13.1 Å². The fraction of sp³-hybridized carbons (Fsp3) is 0.500. The predicted octanol–water partition coefficient (Wildman–Crippen LogP) is 0.910. The second-order valence-corrected chi connectivity index (χ2v) is 4.15. The highest BCUT2D eigenvalue weighted by Gasteiger charge is 2.18. The lowest BCUT2D eigenvalue weighted by molar-refractivity contribution is 0.0667. The van der Waals surface area contributed by atoms with Gasteiger partial charge in [0.25, 0.3) is 0 Å². The Kier molecular flexibility index (Phi) is 3.50. The standard InChI is InChI=1S/C12H15N3O/c13-7-12-10(3-1-5-14-12)8-15-6-2-4-11(16)9-15/h1,3,5,11,16H,2,4,6,8-9H2/t11-/m0/s1. The number of nitrogens with zero attached hydrogens (tertiary/aromatic N) is 3. The van der Waals surface area contributed by atoms with Crippen molar-refractivity contribution in [2.45, 2.75) is 25.5 Å². The Bertz CT molecular complexity index is 399. The van der Waals surface area contributed by atoms with E-state index in [1.807, 2.05) is 12.1 Å². The van der Waals surface area contributed by atoms with Crippen LogP contribution in [-0.4, -0.2) is 34.2 Å². The Morgan fingerprint density at radius 3 is 3.25 bits per heavy atom. The fourth-order valence-corrected chi connectivity index (χ4v) is 2.08. The number of aliphatic hydroxyl groups is 1. The van der Waals surface area contributed by atoms with Crippen molar-refractivity contribution < 1.29 is 5.11 Å². The summed E-state index contributed by atoms with van der Waals surface area (Å²) < 4.78 is 0. The Balaban J connectivity index is 2.06. The van der Waals surface area contributed by atoms with E-state index in [0.29, 0.717) is 18.8 Å². The van der Waals surface area contributed by atoms with Crippen molar-refractivity contribution in [3.63, 3.8) is 0 Å². The minimum absolute atomic E-state index is 0.226. The van der Waals surface area contributed by atoms with Gasteiger partial charge >= 0.3 is 0 Å². The SMILES string of the molecule is N#Cc1ncccc1CN1CCC[C@H](O)C1. The summed E-state index contributed by atoms with van der Waals surface area (Å²) in [7, 11) is 0. The summed E-state index contributed by atoms with van der Waals surface area (Å²) in [5.74, 6) is 0. The first kappa shape index (κ1) is 11.1. The van der Waals surface area contributed by atoms with Gasteiger partial charge in [0, 0.05) is 24.8 Å². The third-order valence-corrected chi connectivity index (χ3v) is 2.87. The maximum Gasteiger partial charge on any atom is 0.144 e. The highest BCUT2D eigenvalue weighted by Crippen LogP contribution is 2.14. The van der Waals surface area contributed by atoms with E-state index in [-0.39, 0.29) is 6.10 Å². The van der Waals surface area contributed by atoms with Crippen LogP contribution >= 0.6 is 0 Å². The molecule has 1 fully saturated rings. The smallest absolute Gasteiger partial charge is 0.144 e. The first-order chi connectivity index (χ1) is 7.79. The van der Waals surface area contributed by atoms with E-state index in [1.165, 1.54) is 0 Å². The third-order valence-electron chi connectivity index (χ3n) is 2.87. The second-order valence-electron chi connectivity index (χ2n) is 4.15. The maximum atomic E-state index is 9.56. The molecule has 84 valence electrons. The molecule has 4 nitrogen and oxygen atoms in total. The number of nitriles is 1. The van der Waals surface area contributed by atoms with Crippen LogP contribution in [0.3, 0.4) is 0 Å². The number of aromatic nitrogens is 1. The topological polar surface area (TPSA) is 60.2 Å². The van der Waals surface area contributed by atoms with E-state index in [1.54, 1.807) is 6.20 Å². The number of likely N-dealkylation sites (tertiary alicyclic amines) is 1. The molecule has 0 aliphatic carbocycles. The van der Waals surface area contributed by atoms with E-state index < -0.39 is 0 Å². The second kappa shape index (κ2) is 5.06. The lowest BCUT2D eigenvalue weighted by atomic mass is 10.1. The summed E-state index contributed by atoms with van der Waals surface area (Å²) in [4.78, 5) is 6.20. The van der Waals surface area contributed by atoms with E-state index in [9.17, 15) is 5.11 Å². The average Bonchev–Trinajstić information content (AvgIpc) is 2.30. The molecule has 1 atom stereocenters. The minimum Gasteiger partial charge on any atom is -0.392 e. The molecule has 1 saturated heterocycles. The molecule has 1 N–H and O–H groups in total. The molecule has 2 heterocycles. The van der Waals surface area contributed by atoms with Gasteiger partial charge in [0.2, 0.25) is 0 Å².